The summed E-state index contributed by atoms with van der Waals surface area (Å²) < 4.78 is 5.32. The summed E-state index contributed by atoms with van der Waals surface area (Å²) in [5, 5.41) is 9.78. The van der Waals surface area contributed by atoms with E-state index in [0.29, 0.717) is 13.0 Å². The molecule has 0 radical (unpaired) electrons. The van der Waals surface area contributed by atoms with Crippen LogP contribution in [0, 0.1) is 0 Å². The summed E-state index contributed by atoms with van der Waals surface area (Å²) in [5.74, 6) is 0. The highest BCUT2D eigenvalue weighted by Crippen LogP contribution is 2.34. The van der Waals surface area contributed by atoms with Crippen LogP contribution in [0.5, 0.6) is 0 Å². The Hall–Kier alpha value is -0.120. The highest BCUT2D eigenvalue weighted by molar-refractivity contribution is 4.99. The number of ether oxygens (including phenoxy) is 1. The average Bonchev–Trinajstić information content (AvgIpc) is 2.10. The van der Waals surface area contributed by atoms with Crippen molar-refractivity contribution in [2.75, 3.05) is 13.2 Å². The molecule has 0 aromatic rings. The SMILES string of the molecule is CC1(C)OCCC1(O)CN. The first-order chi connectivity index (χ1) is 4.52. The summed E-state index contributed by atoms with van der Waals surface area (Å²) in [6, 6.07) is 0. The maximum Gasteiger partial charge on any atom is 0.107 e. The van der Waals surface area contributed by atoms with E-state index in [-0.39, 0.29) is 6.54 Å². The minimum Gasteiger partial charge on any atom is -0.385 e. The highest BCUT2D eigenvalue weighted by atomic mass is 16.5. The molecule has 0 aromatic heterocycles. The third kappa shape index (κ3) is 0.944. The van der Waals surface area contributed by atoms with Crippen LogP contribution < -0.4 is 5.73 Å². The second-order valence-electron chi connectivity index (χ2n) is 3.34. The van der Waals surface area contributed by atoms with Crippen molar-refractivity contribution < 1.29 is 9.84 Å². The van der Waals surface area contributed by atoms with Crippen molar-refractivity contribution in [3.8, 4) is 0 Å². The lowest BCUT2D eigenvalue weighted by atomic mass is 9.86. The van der Waals surface area contributed by atoms with Crippen molar-refractivity contribution in [1.29, 1.82) is 0 Å². The summed E-state index contributed by atoms with van der Waals surface area (Å²) in [5.41, 5.74) is 4.13. The zero-order valence-electron chi connectivity index (χ0n) is 6.55. The van der Waals surface area contributed by atoms with Crippen molar-refractivity contribution in [3.05, 3.63) is 0 Å². The molecule has 0 aromatic carbocycles. The molecule has 1 atom stereocenters. The van der Waals surface area contributed by atoms with Gasteiger partial charge in [-0.3, -0.25) is 0 Å². The normalized spacial score (nSPS) is 38.4. The van der Waals surface area contributed by atoms with E-state index >= 15 is 0 Å². The molecule has 1 unspecified atom stereocenters. The van der Waals surface area contributed by atoms with Gasteiger partial charge in [0.15, 0.2) is 0 Å². The summed E-state index contributed by atoms with van der Waals surface area (Å²) in [6.45, 7) is 4.63. The molecule has 1 saturated heterocycles. The molecule has 1 aliphatic rings. The number of rotatable bonds is 1. The van der Waals surface area contributed by atoms with Crippen LogP contribution >= 0.6 is 0 Å². The van der Waals surface area contributed by atoms with Crippen LogP contribution in [0.2, 0.25) is 0 Å². The van der Waals surface area contributed by atoms with Crippen LogP contribution in [0.1, 0.15) is 20.3 Å². The first kappa shape index (κ1) is 7.98. The minimum absolute atomic E-state index is 0.278. The highest BCUT2D eigenvalue weighted by Gasteiger charge is 2.47. The van der Waals surface area contributed by atoms with E-state index in [1.165, 1.54) is 0 Å². The monoisotopic (exact) mass is 145 g/mol. The molecule has 1 rings (SSSR count). The summed E-state index contributed by atoms with van der Waals surface area (Å²) in [7, 11) is 0. The minimum atomic E-state index is -0.812. The molecule has 60 valence electrons. The Bertz CT molecular complexity index is 136. The van der Waals surface area contributed by atoms with Gasteiger partial charge in [-0.1, -0.05) is 0 Å². The second kappa shape index (κ2) is 2.19. The Kier molecular flexibility index (Phi) is 1.75. The number of aliphatic hydroxyl groups is 1. The maximum atomic E-state index is 9.78. The van der Waals surface area contributed by atoms with E-state index in [1.54, 1.807) is 0 Å². The molecule has 0 amide bonds. The Balaban J connectivity index is 2.76. The van der Waals surface area contributed by atoms with Crippen molar-refractivity contribution in [2.45, 2.75) is 31.5 Å². The number of hydrogen-bond acceptors (Lipinski definition) is 3. The van der Waals surface area contributed by atoms with Gasteiger partial charge in [-0.25, -0.2) is 0 Å². The molecular formula is C7H15NO2. The quantitative estimate of drug-likeness (QED) is 0.540. The Morgan fingerprint density at radius 3 is 2.40 bits per heavy atom. The van der Waals surface area contributed by atoms with Crippen LogP contribution in [0.3, 0.4) is 0 Å². The molecule has 1 heterocycles. The fourth-order valence-electron chi connectivity index (χ4n) is 1.26. The van der Waals surface area contributed by atoms with E-state index in [4.69, 9.17) is 10.5 Å². The zero-order chi connectivity index (χ0) is 7.83. The largest absolute Gasteiger partial charge is 0.385 e. The first-order valence-electron chi connectivity index (χ1n) is 3.58. The molecule has 3 nitrogen and oxygen atoms in total. The van der Waals surface area contributed by atoms with Crippen molar-refractivity contribution >= 4 is 0 Å². The Morgan fingerprint density at radius 1 is 1.60 bits per heavy atom. The van der Waals surface area contributed by atoms with E-state index < -0.39 is 11.2 Å². The molecule has 1 aliphatic heterocycles. The fraction of sp³-hybridized carbons (Fsp3) is 1.00. The van der Waals surface area contributed by atoms with Crippen molar-refractivity contribution in [3.63, 3.8) is 0 Å². The van der Waals surface area contributed by atoms with Gasteiger partial charge in [0.1, 0.15) is 5.60 Å². The molecule has 3 N–H and O–H groups in total. The molecule has 0 spiro atoms. The predicted molar refractivity (Wildman–Crippen MR) is 38.7 cm³/mol. The second-order valence-corrected chi connectivity index (χ2v) is 3.34. The Morgan fingerprint density at radius 2 is 2.20 bits per heavy atom. The summed E-state index contributed by atoms with van der Waals surface area (Å²) >= 11 is 0. The van der Waals surface area contributed by atoms with Gasteiger partial charge in [0.2, 0.25) is 0 Å². The van der Waals surface area contributed by atoms with E-state index in [1.807, 2.05) is 13.8 Å². The Labute approximate surface area is 61.2 Å². The number of hydrogen-bond donors (Lipinski definition) is 2. The van der Waals surface area contributed by atoms with Gasteiger partial charge in [0, 0.05) is 13.0 Å². The third-order valence-electron chi connectivity index (χ3n) is 2.44. The topological polar surface area (TPSA) is 55.5 Å². The fourth-order valence-corrected chi connectivity index (χ4v) is 1.26. The van der Waals surface area contributed by atoms with Gasteiger partial charge in [0.05, 0.1) is 12.2 Å². The lowest BCUT2D eigenvalue weighted by Crippen LogP contribution is -2.51. The van der Waals surface area contributed by atoms with Crippen LogP contribution in [-0.2, 0) is 4.74 Å². The molecule has 0 saturated carbocycles. The smallest absolute Gasteiger partial charge is 0.107 e. The van der Waals surface area contributed by atoms with Gasteiger partial charge in [-0.15, -0.1) is 0 Å². The van der Waals surface area contributed by atoms with Crippen LogP contribution in [0.4, 0.5) is 0 Å². The van der Waals surface area contributed by atoms with Crippen molar-refractivity contribution in [1.82, 2.24) is 0 Å². The molecule has 0 bridgehead atoms. The van der Waals surface area contributed by atoms with Crippen LogP contribution in [0.25, 0.3) is 0 Å². The van der Waals surface area contributed by atoms with E-state index in [0.717, 1.165) is 0 Å². The van der Waals surface area contributed by atoms with Crippen molar-refractivity contribution in [2.24, 2.45) is 5.73 Å². The van der Waals surface area contributed by atoms with Gasteiger partial charge < -0.3 is 15.6 Å². The summed E-state index contributed by atoms with van der Waals surface area (Å²) in [4.78, 5) is 0. The van der Waals surface area contributed by atoms with Gasteiger partial charge >= 0.3 is 0 Å². The molecular weight excluding hydrogens is 130 g/mol. The van der Waals surface area contributed by atoms with Gasteiger partial charge in [-0.05, 0) is 13.8 Å². The van der Waals surface area contributed by atoms with Gasteiger partial charge in [-0.2, -0.15) is 0 Å². The third-order valence-corrected chi connectivity index (χ3v) is 2.44. The maximum absolute atomic E-state index is 9.78. The molecule has 10 heavy (non-hydrogen) atoms. The standard InChI is InChI=1S/C7H15NO2/c1-6(2)7(9,5-8)3-4-10-6/h9H,3-5,8H2,1-2H3. The average molecular weight is 145 g/mol. The number of nitrogens with two attached hydrogens (primary N) is 1. The molecule has 0 aliphatic carbocycles. The lowest BCUT2D eigenvalue weighted by Gasteiger charge is -2.33. The molecule has 3 heteroatoms. The zero-order valence-corrected chi connectivity index (χ0v) is 6.55. The summed E-state index contributed by atoms with van der Waals surface area (Å²) in [6.07, 6.45) is 0.649. The predicted octanol–water partition coefficient (Wildman–Crippen LogP) is -0.125. The first-order valence-corrected chi connectivity index (χ1v) is 3.58. The van der Waals surface area contributed by atoms with E-state index in [9.17, 15) is 5.11 Å². The molecule has 1 fully saturated rings. The van der Waals surface area contributed by atoms with Gasteiger partial charge in [0.25, 0.3) is 0 Å². The van der Waals surface area contributed by atoms with Crippen LogP contribution in [-0.4, -0.2) is 29.5 Å². The van der Waals surface area contributed by atoms with E-state index in [2.05, 4.69) is 0 Å². The lowest BCUT2D eigenvalue weighted by molar-refractivity contribution is -0.0912. The van der Waals surface area contributed by atoms with Crippen LogP contribution in [0.15, 0.2) is 0 Å².